The van der Waals surface area contributed by atoms with Crippen LogP contribution < -0.4 is 0 Å². The van der Waals surface area contributed by atoms with Crippen LogP contribution in [0.3, 0.4) is 0 Å². The Hall–Kier alpha value is -0.620. The van der Waals surface area contributed by atoms with Crippen LogP contribution in [0, 0.1) is 0 Å². The van der Waals surface area contributed by atoms with E-state index >= 15 is 0 Å². The largest absolute Gasteiger partial charge is 0.481 e. The number of sulfone groups is 1. The van der Waals surface area contributed by atoms with Crippen molar-refractivity contribution >= 4 is 15.8 Å². The smallest absolute Gasteiger partial charge is 0.304 e. The van der Waals surface area contributed by atoms with E-state index < -0.39 is 15.8 Å². The summed E-state index contributed by atoms with van der Waals surface area (Å²) < 4.78 is 23.0. The fraction of sp³-hybridized carbons (Fsp3) is 0.900. The highest BCUT2D eigenvalue weighted by Gasteiger charge is 2.28. The van der Waals surface area contributed by atoms with Crippen molar-refractivity contribution in [2.24, 2.45) is 0 Å². The van der Waals surface area contributed by atoms with E-state index in [9.17, 15) is 13.2 Å². The lowest BCUT2D eigenvalue weighted by Crippen LogP contribution is -2.44. The summed E-state index contributed by atoms with van der Waals surface area (Å²) in [5.74, 6) is -0.377. The maximum Gasteiger partial charge on any atom is 0.304 e. The Kier molecular flexibility index (Phi) is 4.73. The molecule has 0 saturated carbocycles. The third-order valence-corrected chi connectivity index (χ3v) is 4.78. The first-order valence-electron chi connectivity index (χ1n) is 5.61. The third-order valence-electron chi connectivity index (χ3n) is 2.97. The molecule has 0 aromatic carbocycles. The summed E-state index contributed by atoms with van der Waals surface area (Å²) in [7, 11) is -2.91. The Morgan fingerprint density at radius 3 is 2.69 bits per heavy atom. The fourth-order valence-electron chi connectivity index (χ4n) is 2.12. The average Bonchev–Trinajstić information content (AvgIpc) is 2.16. The van der Waals surface area contributed by atoms with Gasteiger partial charge in [-0.2, -0.15) is 0 Å². The van der Waals surface area contributed by atoms with Crippen molar-refractivity contribution in [3.05, 3.63) is 0 Å². The summed E-state index contributed by atoms with van der Waals surface area (Å²) >= 11 is 0. The van der Waals surface area contributed by atoms with E-state index in [1.807, 2.05) is 11.8 Å². The minimum atomic E-state index is -2.91. The fourth-order valence-corrected chi connectivity index (χ4v) is 3.86. The first kappa shape index (κ1) is 13.4. The molecule has 0 aromatic heterocycles. The summed E-state index contributed by atoms with van der Waals surface area (Å²) in [6, 6.07) is 0.00287. The highest BCUT2D eigenvalue weighted by atomic mass is 32.2. The van der Waals surface area contributed by atoms with Gasteiger partial charge in [0.05, 0.1) is 17.9 Å². The Balaban J connectivity index is 2.55. The van der Waals surface area contributed by atoms with Crippen LogP contribution in [-0.4, -0.2) is 55.0 Å². The van der Waals surface area contributed by atoms with E-state index in [4.69, 9.17) is 5.11 Å². The average molecular weight is 249 g/mol. The zero-order valence-electron chi connectivity index (χ0n) is 9.55. The summed E-state index contributed by atoms with van der Waals surface area (Å²) in [5, 5.41) is 8.61. The van der Waals surface area contributed by atoms with Crippen LogP contribution in [0.2, 0.25) is 0 Å². The topological polar surface area (TPSA) is 74.7 Å². The first-order valence-corrected chi connectivity index (χ1v) is 7.43. The van der Waals surface area contributed by atoms with Gasteiger partial charge in [-0.05, 0) is 19.4 Å². The van der Waals surface area contributed by atoms with Gasteiger partial charge >= 0.3 is 5.97 Å². The number of carboxylic acids is 1. The van der Waals surface area contributed by atoms with Gasteiger partial charge in [-0.1, -0.05) is 6.92 Å². The number of carbonyl (C=O) groups is 1. The number of aliphatic carboxylic acids is 1. The molecule has 94 valence electrons. The number of hydrogen-bond donors (Lipinski definition) is 1. The Labute approximate surface area is 96.4 Å². The van der Waals surface area contributed by atoms with Crippen LogP contribution in [0.5, 0.6) is 0 Å². The van der Waals surface area contributed by atoms with E-state index in [-0.39, 0.29) is 24.0 Å². The normalized spacial score (nSPS) is 24.5. The van der Waals surface area contributed by atoms with E-state index in [1.54, 1.807) is 0 Å². The molecule has 0 aromatic rings. The molecule has 1 fully saturated rings. The lowest BCUT2D eigenvalue weighted by Gasteiger charge is -2.32. The predicted octanol–water partition coefficient (Wildman–Crippen LogP) is 0.360. The summed E-state index contributed by atoms with van der Waals surface area (Å²) in [5.41, 5.74) is 0. The highest BCUT2D eigenvalue weighted by molar-refractivity contribution is 7.91. The van der Waals surface area contributed by atoms with Gasteiger partial charge in [-0.15, -0.1) is 0 Å². The van der Waals surface area contributed by atoms with Crippen molar-refractivity contribution in [3.63, 3.8) is 0 Å². The zero-order valence-corrected chi connectivity index (χ0v) is 10.4. The molecule has 1 heterocycles. The van der Waals surface area contributed by atoms with Gasteiger partial charge in [-0.25, -0.2) is 8.42 Å². The van der Waals surface area contributed by atoms with Crippen molar-refractivity contribution in [1.29, 1.82) is 0 Å². The molecule has 1 unspecified atom stereocenters. The molecule has 0 bridgehead atoms. The monoisotopic (exact) mass is 249 g/mol. The van der Waals surface area contributed by atoms with Gasteiger partial charge in [0.15, 0.2) is 9.84 Å². The second-order valence-corrected chi connectivity index (χ2v) is 6.41. The standard InChI is InChI=1S/C10H19NO4S/c1-2-11(6-5-10(12)13)9-4-3-7-16(14,15)8-9/h9H,2-8H2,1H3,(H,12,13). The number of rotatable bonds is 5. The second kappa shape index (κ2) is 5.63. The highest BCUT2D eigenvalue weighted by Crippen LogP contribution is 2.17. The Morgan fingerprint density at radius 1 is 1.50 bits per heavy atom. The molecule has 0 aliphatic carbocycles. The Bertz CT molecular complexity index is 339. The van der Waals surface area contributed by atoms with Crippen LogP contribution in [0.25, 0.3) is 0 Å². The van der Waals surface area contributed by atoms with Crippen molar-refractivity contribution in [2.45, 2.75) is 32.2 Å². The van der Waals surface area contributed by atoms with Crippen LogP contribution >= 0.6 is 0 Å². The summed E-state index contributed by atoms with van der Waals surface area (Å²) in [6.07, 6.45) is 1.62. The first-order chi connectivity index (χ1) is 7.44. The molecular formula is C10H19NO4S. The molecule has 0 radical (unpaired) electrons. The number of carboxylic acid groups (broad SMARTS) is 1. The van der Waals surface area contributed by atoms with Crippen molar-refractivity contribution in [1.82, 2.24) is 4.90 Å². The zero-order chi connectivity index (χ0) is 12.2. The molecule has 1 N–H and O–H groups in total. The van der Waals surface area contributed by atoms with Gasteiger partial charge in [-0.3, -0.25) is 9.69 Å². The molecule has 16 heavy (non-hydrogen) atoms. The van der Waals surface area contributed by atoms with Gasteiger partial charge < -0.3 is 5.11 Å². The molecule has 6 heteroatoms. The van der Waals surface area contributed by atoms with E-state index in [0.29, 0.717) is 19.5 Å². The van der Waals surface area contributed by atoms with Gasteiger partial charge in [0.1, 0.15) is 0 Å². The van der Waals surface area contributed by atoms with Crippen LogP contribution in [0.15, 0.2) is 0 Å². The quantitative estimate of drug-likeness (QED) is 0.761. The molecule has 1 aliphatic heterocycles. The molecule has 5 nitrogen and oxygen atoms in total. The van der Waals surface area contributed by atoms with Crippen LogP contribution in [-0.2, 0) is 14.6 Å². The van der Waals surface area contributed by atoms with E-state index in [0.717, 1.165) is 6.42 Å². The second-order valence-electron chi connectivity index (χ2n) is 4.18. The molecule has 1 rings (SSSR count). The number of hydrogen-bond acceptors (Lipinski definition) is 4. The van der Waals surface area contributed by atoms with Crippen molar-refractivity contribution in [2.75, 3.05) is 24.6 Å². The van der Waals surface area contributed by atoms with Crippen molar-refractivity contribution < 1.29 is 18.3 Å². The third kappa shape index (κ3) is 4.09. The maximum atomic E-state index is 11.5. The number of nitrogens with zero attached hydrogens (tertiary/aromatic N) is 1. The van der Waals surface area contributed by atoms with Gasteiger partial charge in [0.25, 0.3) is 0 Å². The van der Waals surface area contributed by atoms with Crippen molar-refractivity contribution in [3.8, 4) is 0 Å². The minimum absolute atomic E-state index is 0.00287. The van der Waals surface area contributed by atoms with E-state index in [1.165, 1.54) is 0 Å². The van der Waals surface area contributed by atoms with Gasteiger partial charge in [0, 0.05) is 12.6 Å². The molecule has 0 amide bonds. The minimum Gasteiger partial charge on any atom is -0.481 e. The molecular weight excluding hydrogens is 230 g/mol. The SMILES string of the molecule is CCN(CCC(=O)O)C1CCCS(=O)(=O)C1. The lowest BCUT2D eigenvalue weighted by molar-refractivity contribution is -0.137. The molecule has 1 atom stereocenters. The van der Waals surface area contributed by atoms with Crippen LogP contribution in [0.1, 0.15) is 26.2 Å². The molecule has 0 spiro atoms. The molecule has 1 saturated heterocycles. The summed E-state index contributed by atoms with van der Waals surface area (Å²) in [6.45, 7) is 3.07. The summed E-state index contributed by atoms with van der Waals surface area (Å²) in [4.78, 5) is 12.4. The Morgan fingerprint density at radius 2 is 2.19 bits per heavy atom. The molecule has 1 aliphatic rings. The van der Waals surface area contributed by atoms with Gasteiger partial charge in [0.2, 0.25) is 0 Å². The maximum absolute atomic E-state index is 11.5. The van der Waals surface area contributed by atoms with E-state index in [2.05, 4.69) is 0 Å². The lowest BCUT2D eigenvalue weighted by atomic mass is 10.1. The van der Waals surface area contributed by atoms with Crippen LogP contribution in [0.4, 0.5) is 0 Å². The predicted molar refractivity (Wildman–Crippen MR) is 61.2 cm³/mol.